The fourth-order valence-electron chi connectivity index (χ4n) is 3.73. The van der Waals surface area contributed by atoms with Crippen molar-refractivity contribution >= 4 is 35.2 Å². The number of rotatable bonds is 12. The van der Waals surface area contributed by atoms with Gasteiger partial charge in [-0.1, -0.05) is 66.2 Å². The lowest BCUT2D eigenvalue weighted by Gasteiger charge is -2.31. The number of hydrogen-bond donors (Lipinski definition) is 1. The Morgan fingerprint density at radius 1 is 0.971 bits per heavy atom. The van der Waals surface area contributed by atoms with Gasteiger partial charge in [0.25, 0.3) is 0 Å². The normalized spacial score (nSPS) is 11.5. The second kappa shape index (κ2) is 13.8. The fraction of sp³-hybridized carbons (Fsp3) is 0.286. The molecule has 0 heterocycles. The van der Waals surface area contributed by atoms with Crippen LogP contribution in [0.25, 0.3) is 0 Å². The summed E-state index contributed by atoms with van der Waals surface area (Å²) in [7, 11) is 1.61. The van der Waals surface area contributed by atoms with E-state index in [1.54, 1.807) is 12.0 Å². The van der Waals surface area contributed by atoms with Crippen LogP contribution in [0.5, 0.6) is 5.75 Å². The van der Waals surface area contributed by atoms with Crippen molar-refractivity contribution < 1.29 is 14.3 Å². The lowest BCUT2D eigenvalue weighted by Crippen LogP contribution is -2.51. The summed E-state index contributed by atoms with van der Waals surface area (Å²) in [4.78, 5) is 28.4. The van der Waals surface area contributed by atoms with Crippen molar-refractivity contribution in [3.05, 3.63) is 101 Å². The summed E-state index contributed by atoms with van der Waals surface area (Å²) in [5, 5.41) is 3.61. The van der Waals surface area contributed by atoms with Crippen molar-refractivity contribution in [3.63, 3.8) is 0 Å². The number of amides is 2. The summed E-state index contributed by atoms with van der Waals surface area (Å²) in [6.07, 6.45) is 0.435. The number of nitrogens with one attached hydrogen (secondary N) is 1. The van der Waals surface area contributed by atoms with E-state index < -0.39 is 6.04 Å². The third-order valence-electron chi connectivity index (χ3n) is 5.52. The molecule has 35 heavy (non-hydrogen) atoms. The molecule has 5 nitrogen and oxygen atoms in total. The van der Waals surface area contributed by atoms with E-state index in [-0.39, 0.29) is 17.6 Å². The Morgan fingerprint density at radius 2 is 1.69 bits per heavy atom. The second-order valence-electron chi connectivity index (χ2n) is 8.09. The zero-order valence-electron chi connectivity index (χ0n) is 20.1. The number of carbonyl (C=O) groups is 2. The highest BCUT2D eigenvalue weighted by Gasteiger charge is 2.30. The zero-order valence-corrected chi connectivity index (χ0v) is 21.6. The molecule has 0 aliphatic rings. The van der Waals surface area contributed by atoms with Crippen LogP contribution < -0.4 is 10.1 Å². The lowest BCUT2D eigenvalue weighted by atomic mass is 10.0. The van der Waals surface area contributed by atoms with Gasteiger partial charge in [0.05, 0.1) is 12.9 Å². The van der Waals surface area contributed by atoms with Gasteiger partial charge in [0.15, 0.2) is 0 Å². The predicted octanol–water partition coefficient (Wildman–Crippen LogP) is 5.36. The Bertz CT molecular complexity index is 1090. The molecule has 3 aromatic carbocycles. The number of hydrogen-bond acceptors (Lipinski definition) is 4. The van der Waals surface area contributed by atoms with Crippen molar-refractivity contribution in [1.29, 1.82) is 0 Å². The molecule has 0 saturated carbocycles. The molecule has 0 fully saturated rings. The Kier molecular flexibility index (Phi) is 10.5. The predicted molar refractivity (Wildman–Crippen MR) is 144 cm³/mol. The van der Waals surface area contributed by atoms with Crippen LogP contribution in [0, 0.1) is 0 Å². The average molecular weight is 511 g/mol. The summed E-state index contributed by atoms with van der Waals surface area (Å²) in [5.41, 5.74) is 3.00. The first-order chi connectivity index (χ1) is 17.0. The lowest BCUT2D eigenvalue weighted by molar-refractivity contribution is -0.139. The molecular formula is C28H31ClN2O3S. The highest BCUT2D eigenvalue weighted by atomic mass is 35.5. The molecule has 0 aliphatic carbocycles. The molecule has 0 aromatic heterocycles. The number of methoxy groups -OCH3 is 1. The molecule has 0 aliphatic heterocycles. The molecule has 3 aromatic rings. The van der Waals surface area contributed by atoms with E-state index >= 15 is 0 Å². The van der Waals surface area contributed by atoms with E-state index in [1.807, 2.05) is 85.8 Å². The van der Waals surface area contributed by atoms with E-state index in [9.17, 15) is 9.59 Å². The summed E-state index contributed by atoms with van der Waals surface area (Å²) in [5.74, 6) is 1.41. The summed E-state index contributed by atoms with van der Waals surface area (Å²) in [6.45, 7) is 2.69. The van der Waals surface area contributed by atoms with Crippen LogP contribution in [-0.2, 0) is 28.3 Å². The number of likely N-dealkylation sites (N-methyl/N-ethyl adjacent to an activating group) is 1. The van der Waals surface area contributed by atoms with Crippen LogP contribution >= 0.6 is 23.4 Å². The van der Waals surface area contributed by atoms with Crippen molar-refractivity contribution in [2.45, 2.75) is 31.7 Å². The Labute approximate surface area is 216 Å². The molecule has 0 saturated heterocycles. The van der Waals surface area contributed by atoms with Gasteiger partial charge in [-0.25, -0.2) is 0 Å². The monoisotopic (exact) mass is 510 g/mol. The molecular weight excluding hydrogens is 480 g/mol. The number of ether oxygens (including phenoxy) is 1. The van der Waals surface area contributed by atoms with Crippen LogP contribution in [-0.4, -0.2) is 42.2 Å². The van der Waals surface area contributed by atoms with E-state index in [4.69, 9.17) is 16.3 Å². The topological polar surface area (TPSA) is 58.6 Å². The molecule has 2 amide bonds. The number of nitrogens with zero attached hydrogens (tertiary/aromatic N) is 1. The third kappa shape index (κ3) is 8.34. The number of thioether (sulfide) groups is 1. The summed E-state index contributed by atoms with van der Waals surface area (Å²) in [6, 6.07) is 24.4. The first-order valence-corrected chi connectivity index (χ1v) is 13.1. The van der Waals surface area contributed by atoms with E-state index in [1.165, 1.54) is 11.8 Å². The fourth-order valence-corrected chi connectivity index (χ4v) is 4.73. The standard InChI is InChI=1S/C28H31ClN2O3S/c1-3-30-28(33)26(17-21-8-5-4-6-9-21)31(18-23-10-7-11-25(16-23)34-2)27(32)20-35-19-22-12-14-24(29)15-13-22/h4-16,26H,3,17-20H2,1-2H3,(H,30,33)/t26-/m1/s1. The van der Waals surface area contributed by atoms with Gasteiger partial charge in [-0.05, 0) is 47.9 Å². The maximum Gasteiger partial charge on any atom is 0.243 e. The SMILES string of the molecule is CCNC(=O)[C@@H](Cc1ccccc1)N(Cc1cccc(OC)c1)C(=O)CSCc1ccc(Cl)cc1. The van der Waals surface area contributed by atoms with Crippen molar-refractivity contribution in [3.8, 4) is 5.75 Å². The Balaban J connectivity index is 1.83. The number of benzene rings is 3. The van der Waals surface area contributed by atoms with Crippen molar-refractivity contribution in [2.24, 2.45) is 0 Å². The van der Waals surface area contributed by atoms with Gasteiger partial charge >= 0.3 is 0 Å². The smallest absolute Gasteiger partial charge is 0.243 e. The average Bonchev–Trinajstić information content (AvgIpc) is 2.88. The zero-order chi connectivity index (χ0) is 25.0. The third-order valence-corrected chi connectivity index (χ3v) is 6.76. The highest BCUT2D eigenvalue weighted by Crippen LogP contribution is 2.21. The molecule has 7 heteroatoms. The van der Waals surface area contributed by atoms with Crippen molar-refractivity contribution in [1.82, 2.24) is 10.2 Å². The minimum absolute atomic E-state index is 0.0843. The van der Waals surface area contributed by atoms with Gasteiger partial charge in [0.1, 0.15) is 11.8 Å². The van der Waals surface area contributed by atoms with Crippen LogP contribution in [0.4, 0.5) is 0 Å². The summed E-state index contributed by atoms with van der Waals surface area (Å²) < 4.78 is 5.37. The van der Waals surface area contributed by atoms with E-state index in [2.05, 4.69) is 5.32 Å². The largest absolute Gasteiger partial charge is 0.497 e. The van der Waals surface area contributed by atoms with E-state index in [0.29, 0.717) is 36.0 Å². The molecule has 0 spiro atoms. The first kappa shape index (κ1) is 26.6. The van der Waals surface area contributed by atoms with Gasteiger partial charge in [0.2, 0.25) is 11.8 Å². The number of carbonyl (C=O) groups excluding carboxylic acids is 2. The molecule has 3 rings (SSSR count). The Morgan fingerprint density at radius 3 is 2.37 bits per heavy atom. The molecule has 184 valence electrons. The maximum atomic E-state index is 13.6. The highest BCUT2D eigenvalue weighted by molar-refractivity contribution is 7.99. The van der Waals surface area contributed by atoms with Gasteiger partial charge in [0, 0.05) is 30.3 Å². The van der Waals surface area contributed by atoms with Gasteiger partial charge < -0.3 is 15.0 Å². The minimum atomic E-state index is -0.632. The van der Waals surface area contributed by atoms with Crippen LogP contribution in [0.3, 0.4) is 0 Å². The maximum absolute atomic E-state index is 13.6. The second-order valence-corrected chi connectivity index (χ2v) is 9.51. The van der Waals surface area contributed by atoms with Crippen molar-refractivity contribution in [2.75, 3.05) is 19.4 Å². The molecule has 0 unspecified atom stereocenters. The molecule has 0 radical (unpaired) electrons. The van der Waals surface area contributed by atoms with Crippen LogP contribution in [0.2, 0.25) is 5.02 Å². The van der Waals surface area contributed by atoms with Crippen LogP contribution in [0.15, 0.2) is 78.9 Å². The molecule has 0 bridgehead atoms. The first-order valence-electron chi connectivity index (χ1n) is 11.6. The minimum Gasteiger partial charge on any atom is -0.497 e. The van der Waals surface area contributed by atoms with Gasteiger partial charge in [-0.15, -0.1) is 11.8 Å². The Hall–Kier alpha value is -2.96. The summed E-state index contributed by atoms with van der Waals surface area (Å²) >= 11 is 7.50. The van der Waals surface area contributed by atoms with E-state index in [0.717, 1.165) is 16.7 Å². The van der Waals surface area contributed by atoms with Gasteiger partial charge in [-0.3, -0.25) is 9.59 Å². The van der Waals surface area contributed by atoms with Gasteiger partial charge in [-0.2, -0.15) is 0 Å². The quantitative estimate of drug-likeness (QED) is 0.356. The van der Waals surface area contributed by atoms with Crippen LogP contribution in [0.1, 0.15) is 23.6 Å². The molecule has 1 N–H and O–H groups in total. The molecule has 1 atom stereocenters. The number of halogens is 1.